The van der Waals surface area contributed by atoms with Crippen LogP contribution in [0.1, 0.15) is 16.1 Å². The Hall–Kier alpha value is -1.10. The van der Waals surface area contributed by atoms with E-state index in [0.717, 1.165) is 9.13 Å². The third-order valence-corrected chi connectivity index (χ3v) is 5.36. The average molecular weight is 555 g/mol. The molecule has 2 heterocycles. The number of anilines is 1. The number of aromatic nitrogens is 4. The lowest BCUT2D eigenvalue weighted by Crippen LogP contribution is -2.18. The number of carbonyl (C=O) groups is 1. The van der Waals surface area contributed by atoms with Gasteiger partial charge in [-0.15, -0.1) is 0 Å². The Balaban J connectivity index is 1.79. The van der Waals surface area contributed by atoms with Crippen LogP contribution in [0.3, 0.4) is 0 Å². The third kappa shape index (κ3) is 4.18. The van der Waals surface area contributed by atoms with Crippen LogP contribution in [0.2, 0.25) is 10.0 Å². The van der Waals surface area contributed by atoms with E-state index in [1.54, 1.807) is 36.3 Å². The zero-order valence-electron chi connectivity index (χ0n) is 12.8. The Labute approximate surface area is 175 Å². The second kappa shape index (κ2) is 7.65. The highest BCUT2D eigenvalue weighted by Crippen LogP contribution is 2.25. The van der Waals surface area contributed by atoms with Gasteiger partial charge in [0.25, 0.3) is 5.91 Å². The van der Waals surface area contributed by atoms with Gasteiger partial charge in [0.15, 0.2) is 5.82 Å². The van der Waals surface area contributed by atoms with Crippen molar-refractivity contribution in [1.82, 2.24) is 19.6 Å². The molecule has 0 saturated carbocycles. The molecule has 0 aliphatic carbocycles. The fourth-order valence-electron chi connectivity index (χ4n) is 2.22. The summed E-state index contributed by atoms with van der Waals surface area (Å²) in [5.74, 6) is 0.145. The third-order valence-electron chi connectivity index (χ3n) is 3.41. The van der Waals surface area contributed by atoms with E-state index in [9.17, 15) is 4.79 Å². The molecule has 1 aromatic carbocycles. The Morgan fingerprint density at radius 2 is 2.16 bits per heavy atom. The van der Waals surface area contributed by atoms with Gasteiger partial charge in [0.2, 0.25) is 0 Å². The molecule has 0 bridgehead atoms. The molecule has 3 aromatic rings. The number of rotatable bonds is 4. The smallest absolute Gasteiger partial charge is 0.276 e. The minimum atomic E-state index is -0.278. The summed E-state index contributed by atoms with van der Waals surface area (Å²) >= 11 is 17.6. The molecule has 6 nitrogen and oxygen atoms in total. The zero-order chi connectivity index (χ0) is 18.1. The minimum Gasteiger partial charge on any atom is -0.303 e. The number of nitrogens with one attached hydrogen (secondary N) is 1. The van der Waals surface area contributed by atoms with Crippen LogP contribution in [0.25, 0.3) is 0 Å². The van der Waals surface area contributed by atoms with Crippen molar-refractivity contribution in [3.8, 4) is 0 Å². The molecule has 1 N–H and O–H groups in total. The van der Waals surface area contributed by atoms with E-state index in [-0.39, 0.29) is 5.91 Å². The summed E-state index contributed by atoms with van der Waals surface area (Å²) in [5.41, 5.74) is 1.35. The molecule has 1 amide bonds. The highest BCUT2D eigenvalue weighted by molar-refractivity contribution is 14.1. The van der Waals surface area contributed by atoms with Gasteiger partial charge < -0.3 is 5.32 Å². The Morgan fingerprint density at radius 3 is 2.80 bits per heavy atom. The summed E-state index contributed by atoms with van der Waals surface area (Å²) in [6.45, 7) is 0.452. The molecule has 3 rings (SSSR count). The fraction of sp³-hybridized carbons (Fsp3) is 0.133. The predicted octanol–water partition coefficient (Wildman–Crippen LogP) is 4.59. The summed E-state index contributed by atoms with van der Waals surface area (Å²) < 4.78 is 4.64. The highest BCUT2D eigenvalue weighted by Gasteiger charge is 2.18. The largest absolute Gasteiger partial charge is 0.303 e. The molecule has 0 spiro atoms. The lowest BCUT2D eigenvalue weighted by molar-refractivity contribution is 0.101. The second-order valence-corrected chi connectivity index (χ2v) is 8.04. The van der Waals surface area contributed by atoms with E-state index in [2.05, 4.69) is 54.0 Å². The summed E-state index contributed by atoms with van der Waals surface area (Å²) in [4.78, 5) is 12.4. The van der Waals surface area contributed by atoms with Crippen molar-refractivity contribution in [2.75, 3.05) is 5.32 Å². The van der Waals surface area contributed by atoms with Crippen molar-refractivity contribution in [3.05, 3.63) is 59.9 Å². The Bertz CT molecular complexity index is 936. The molecular weight excluding hydrogens is 544 g/mol. The molecule has 0 radical (unpaired) electrons. The monoisotopic (exact) mass is 553 g/mol. The normalized spacial score (nSPS) is 10.9. The first-order chi connectivity index (χ1) is 11.8. The quantitative estimate of drug-likeness (QED) is 0.480. The first kappa shape index (κ1) is 18.7. The van der Waals surface area contributed by atoms with Gasteiger partial charge in [-0.25, -0.2) is 0 Å². The molecule has 130 valence electrons. The number of nitrogens with zero attached hydrogens (tertiary/aromatic N) is 4. The van der Waals surface area contributed by atoms with Gasteiger partial charge in [0, 0.05) is 23.3 Å². The van der Waals surface area contributed by atoms with Crippen LogP contribution < -0.4 is 5.32 Å². The van der Waals surface area contributed by atoms with Gasteiger partial charge in [-0.3, -0.25) is 14.2 Å². The summed E-state index contributed by atoms with van der Waals surface area (Å²) in [6.07, 6.45) is 3.40. The average Bonchev–Trinajstić information content (AvgIpc) is 3.05. The van der Waals surface area contributed by atoms with Crippen molar-refractivity contribution in [3.63, 3.8) is 0 Å². The summed E-state index contributed by atoms with van der Waals surface area (Å²) in [5, 5.41) is 12.4. The van der Waals surface area contributed by atoms with E-state index in [1.807, 2.05) is 6.07 Å². The number of halogens is 4. The van der Waals surface area contributed by atoms with Crippen LogP contribution in [-0.2, 0) is 13.6 Å². The molecule has 0 fully saturated rings. The minimum absolute atomic E-state index is 0.278. The Kier molecular flexibility index (Phi) is 5.71. The van der Waals surface area contributed by atoms with Crippen LogP contribution in [0.4, 0.5) is 5.82 Å². The predicted molar refractivity (Wildman–Crippen MR) is 109 cm³/mol. The fourth-order valence-corrected chi connectivity index (χ4v) is 3.82. The molecular formula is C15H11BrCl2IN5O. The molecule has 0 unspecified atom stereocenters. The van der Waals surface area contributed by atoms with Gasteiger partial charge in [-0.1, -0.05) is 29.3 Å². The van der Waals surface area contributed by atoms with E-state index < -0.39 is 0 Å². The van der Waals surface area contributed by atoms with Gasteiger partial charge in [0.1, 0.15) is 5.69 Å². The maximum Gasteiger partial charge on any atom is 0.276 e. The Morgan fingerprint density at radius 1 is 1.40 bits per heavy atom. The molecule has 0 atom stereocenters. The van der Waals surface area contributed by atoms with Crippen molar-refractivity contribution in [1.29, 1.82) is 0 Å². The molecule has 0 aliphatic heterocycles. The molecule has 0 aliphatic rings. The number of aryl methyl sites for hydroxylation is 1. The lowest BCUT2D eigenvalue weighted by Gasteiger charge is -2.06. The molecule has 0 saturated heterocycles. The number of carbonyl (C=O) groups excluding carboxylic acids is 1. The van der Waals surface area contributed by atoms with Crippen LogP contribution in [-0.4, -0.2) is 25.5 Å². The van der Waals surface area contributed by atoms with Crippen molar-refractivity contribution >= 4 is 73.4 Å². The maximum atomic E-state index is 12.4. The van der Waals surface area contributed by atoms with E-state index in [4.69, 9.17) is 23.2 Å². The first-order valence-electron chi connectivity index (χ1n) is 7.01. The highest BCUT2D eigenvalue weighted by atomic mass is 127. The van der Waals surface area contributed by atoms with Gasteiger partial charge >= 0.3 is 0 Å². The van der Waals surface area contributed by atoms with Crippen molar-refractivity contribution < 1.29 is 4.79 Å². The SMILES string of the molecule is Cn1ncc(I)c1C(=O)Nc1nn(Cc2ccc(Cl)cc2Cl)cc1Br. The van der Waals surface area contributed by atoms with E-state index in [0.29, 0.717) is 32.6 Å². The van der Waals surface area contributed by atoms with E-state index >= 15 is 0 Å². The second-order valence-electron chi connectivity index (χ2n) is 5.18. The molecule has 25 heavy (non-hydrogen) atoms. The van der Waals surface area contributed by atoms with Crippen LogP contribution in [0.15, 0.2) is 35.1 Å². The molecule has 2 aromatic heterocycles. The zero-order valence-corrected chi connectivity index (χ0v) is 18.1. The molecule has 10 heteroatoms. The lowest BCUT2D eigenvalue weighted by atomic mass is 10.2. The first-order valence-corrected chi connectivity index (χ1v) is 9.63. The summed E-state index contributed by atoms with van der Waals surface area (Å²) in [7, 11) is 1.72. The van der Waals surface area contributed by atoms with Crippen LogP contribution in [0, 0.1) is 3.57 Å². The van der Waals surface area contributed by atoms with Crippen molar-refractivity contribution in [2.24, 2.45) is 7.05 Å². The number of hydrogen-bond acceptors (Lipinski definition) is 3. The number of amides is 1. The maximum absolute atomic E-state index is 12.4. The van der Waals surface area contributed by atoms with Gasteiger partial charge in [0.05, 0.1) is 20.8 Å². The summed E-state index contributed by atoms with van der Waals surface area (Å²) in [6, 6.07) is 5.30. The topological polar surface area (TPSA) is 64.7 Å². The van der Waals surface area contributed by atoms with Gasteiger partial charge in [-0.05, 0) is 56.2 Å². The van der Waals surface area contributed by atoms with Crippen LogP contribution in [0.5, 0.6) is 0 Å². The number of hydrogen-bond donors (Lipinski definition) is 1. The van der Waals surface area contributed by atoms with E-state index in [1.165, 1.54) is 4.68 Å². The standard InChI is InChI=1S/C15H11BrCl2IN5O/c1-23-13(12(19)5-20-23)15(25)21-14-10(16)7-24(22-14)6-8-2-3-9(17)4-11(8)18/h2-5,7H,6H2,1H3,(H,21,22,25). The van der Waals surface area contributed by atoms with Crippen LogP contribution >= 0.6 is 61.7 Å². The van der Waals surface area contributed by atoms with Crippen molar-refractivity contribution in [2.45, 2.75) is 6.54 Å². The number of benzene rings is 1. The van der Waals surface area contributed by atoms with Gasteiger partial charge in [-0.2, -0.15) is 10.2 Å².